The molecule has 0 saturated carbocycles. The molecule has 4 rings (SSSR count). The Balaban J connectivity index is 1.44. The fourth-order valence-corrected chi connectivity index (χ4v) is 3.84. The van der Waals surface area contributed by atoms with Crippen molar-refractivity contribution in [1.82, 2.24) is 5.32 Å². The minimum atomic E-state index is -0.234. The summed E-state index contributed by atoms with van der Waals surface area (Å²) in [7, 11) is 0. The molecule has 0 saturated heterocycles. The number of aliphatic imine (C=N–C) groups is 1. The van der Waals surface area contributed by atoms with Crippen LogP contribution in [-0.4, -0.2) is 18.5 Å². The third kappa shape index (κ3) is 3.78. The lowest BCUT2D eigenvalue weighted by Gasteiger charge is -2.26. The van der Waals surface area contributed by atoms with Gasteiger partial charge < -0.3 is 21.3 Å². The monoisotopic (exact) mass is 377 g/mol. The molecule has 0 radical (unpaired) electrons. The second-order valence-corrected chi connectivity index (χ2v) is 6.99. The SMILES string of the molecule is NC1=NCN(c2cccc(CNC(=O)Nc3ccccc3)c2)c2sccc21. The van der Waals surface area contributed by atoms with Crippen molar-refractivity contribution in [1.29, 1.82) is 0 Å². The normalized spacial score (nSPS) is 12.9. The number of anilines is 3. The molecule has 4 N–H and O–H groups in total. The van der Waals surface area contributed by atoms with E-state index in [2.05, 4.69) is 26.6 Å². The van der Waals surface area contributed by atoms with E-state index < -0.39 is 0 Å². The smallest absolute Gasteiger partial charge is 0.319 e. The number of thiophene rings is 1. The molecular formula is C20H19N5OS. The average molecular weight is 377 g/mol. The Morgan fingerprint density at radius 2 is 2.00 bits per heavy atom. The van der Waals surface area contributed by atoms with Crippen molar-refractivity contribution in [2.24, 2.45) is 10.7 Å². The summed E-state index contributed by atoms with van der Waals surface area (Å²) in [5, 5.41) is 8.81. The van der Waals surface area contributed by atoms with Crippen LogP contribution in [0.4, 0.5) is 21.2 Å². The summed E-state index contributed by atoms with van der Waals surface area (Å²) in [4.78, 5) is 18.6. The van der Waals surface area contributed by atoms with Gasteiger partial charge in [-0.15, -0.1) is 11.3 Å². The van der Waals surface area contributed by atoms with Gasteiger partial charge in [0, 0.05) is 17.9 Å². The minimum absolute atomic E-state index is 0.234. The lowest BCUT2D eigenvalue weighted by Crippen LogP contribution is -2.29. The predicted octanol–water partition coefficient (Wildman–Crippen LogP) is 3.88. The molecule has 7 heteroatoms. The zero-order valence-corrected chi connectivity index (χ0v) is 15.4. The molecule has 2 heterocycles. The van der Waals surface area contributed by atoms with Crippen molar-refractivity contribution in [2.45, 2.75) is 6.54 Å². The fourth-order valence-electron chi connectivity index (χ4n) is 2.91. The molecule has 0 bridgehead atoms. The molecule has 0 fully saturated rings. The van der Waals surface area contributed by atoms with Crippen molar-refractivity contribution in [3.63, 3.8) is 0 Å². The van der Waals surface area contributed by atoms with Gasteiger partial charge in [0.2, 0.25) is 0 Å². The number of para-hydroxylation sites is 1. The molecule has 27 heavy (non-hydrogen) atoms. The van der Waals surface area contributed by atoms with E-state index in [1.807, 2.05) is 60.0 Å². The first-order valence-corrected chi connectivity index (χ1v) is 9.43. The summed E-state index contributed by atoms with van der Waals surface area (Å²) >= 11 is 1.64. The zero-order valence-electron chi connectivity index (χ0n) is 14.6. The summed E-state index contributed by atoms with van der Waals surface area (Å²) < 4.78 is 0. The first kappa shape index (κ1) is 17.1. The van der Waals surface area contributed by atoms with Gasteiger partial charge in [-0.2, -0.15) is 0 Å². The Labute approximate surface area is 161 Å². The van der Waals surface area contributed by atoms with Gasteiger partial charge in [0.05, 0.1) is 5.56 Å². The third-order valence-corrected chi connectivity index (χ3v) is 5.19. The van der Waals surface area contributed by atoms with Crippen molar-refractivity contribution in [2.75, 3.05) is 16.9 Å². The van der Waals surface area contributed by atoms with E-state index >= 15 is 0 Å². The molecule has 0 unspecified atom stereocenters. The fraction of sp³-hybridized carbons (Fsp3) is 0.100. The van der Waals surface area contributed by atoms with Gasteiger partial charge in [0.1, 0.15) is 17.5 Å². The van der Waals surface area contributed by atoms with Crippen molar-refractivity contribution < 1.29 is 4.79 Å². The first-order valence-electron chi connectivity index (χ1n) is 8.55. The molecule has 1 aliphatic rings. The lowest BCUT2D eigenvalue weighted by atomic mass is 10.1. The second-order valence-electron chi connectivity index (χ2n) is 6.10. The molecule has 3 aromatic rings. The minimum Gasteiger partial charge on any atom is -0.383 e. The molecule has 0 atom stereocenters. The number of amides is 2. The van der Waals surface area contributed by atoms with Crippen LogP contribution in [0.2, 0.25) is 0 Å². The molecular weight excluding hydrogens is 358 g/mol. The highest BCUT2D eigenvalue weighted by Gasteiger charge is 2.21. The Morgan fingerprint density at radius 3 is 2.85 bits per heavy atom. The van der Waals surface area contributed by atoms with Gasteiger partial charge in [0.25, 0.3) is 0 Å². The molecule has 0 aliphatic carbocycles. The maximum Gasteiger partial charge on any atom is 0.319 e. The summed E-state index contributed by atoms with van der Waals surface area (Å²) in [5.41, 5.74) is 9.75. The number of amidine groups is 1. The standard InChI is InChI=1S/C20H19N5OS/c21-18-17-9-10-27-19(17)25(13-23-18)16-8-4-5-14(11-16)12-22-20(26)24-15-6-2-1-3-7-15/h1-11H,12-13H2,(H2,21,23)(H2,22,24,26). The molecule has 1 aliphatic heterocycles. The predicted molar refractivity (Wildman–Crippen MR) is 111 cm³/mol. The molecule has 2 amide bonds. The first-order chi connectivity index (χ1) is 13.2. The van der Waals surface area contributed by atoms with Crippen LogP contribution in [-0.2, 0) is 6.54 Å². The Morgan fingerprint density at radius 1 is 1.15 bits per heavy atom. The molecule has 6 nitrogen and oxygen atoms in total. The van der Waals surface area contributed by atoms with Crippen LogP contribution in [0.25, 0.3) is 0 Å². The summed E-state index contributed by atoms with van der Waals surface area (Å²) in [6.07, 6.45) is 0. The van der Waals surface area contributed by atoms with Crippen molar-refractivity contribution in [3.05, 3.63) is 77.2 Å². The van der Waals surface area contributed by atoms with Crippen LogP contribution >= 0.6 is 11.3 Å². The van der Waals surface area contributed by atoms with Gasteiger partial charge in [-0.25, -0.2) is 9.79 Å². The quantitative estimate of drug-likeness (QED) is 0.645. The van der Waals surface area contributed by atoms with Crippen molar-refractivity contribution >= 4 is 39.6 Å². The summed E-state index contributed by atoms with van der Waals surface area (Å²) in [5.74, 6) is 0.581. The van der Waals surface area contributed by atoms with Crippen molar-refractivity contribution in [3.8, 4) is 0 Å². The second kappa shape index (κ2) is 7.51. The summed E-state index contributed by atoms with van der Waals surface area (Å²) in [6, 6.07) is 19.2. The van der Waals surface area contributed by atoms with E-state index in [0.717, 1.165) is 27.5 Å². The average Bonchev–Trinajstić information content (AvgIpc) is 3.19. The van der Waals surface area contributed by atoms with Crippen LogP contribution in [0.5, 0.6) is 0 Å². The number of hydrogen-bond acceptors (Lipinski definition) is 5. The Hall–Kier alpha value is -3.32. The number of nitrogens with two attached hydrogens (primary N) is 1. The number of rotatable bonds is 4. The van der Waals surface area contributed by atoms with E-state index in [1.165, 1.54) is 0 Å². The zero-order chi connectivity index (χ0) is 18.6. The number of urea groups is 1. The van der Waals surface area contributed by atoms with E-state index in [9.17, 15) is 4.79 Å². The highest BCUT2D eigenvalue weighted by atomic mass is 32.1. The number of carbonyl (C=O) groups is 1. The van der Waals surface area contributed by atoms with E-state index in [-0.39, 0.29) is 6.03 Å². The van der Waals surface area contributed by atoms with Crippen LogP contribution in [0.15, 0.2) is 71.0 Å². The lowest BCUT2D eigenvalue weighted by molar-refractivity contribution is 0.251. The highest BCUT2D eigenvalue weighted by Crippen LogP contribution is 2.36. The Kier molecular flexibility index (Phi) is 4.76. The number of hydrogen-bond donors (Lipinski definition) is 3. The maximum absolute atomic E-state index is 12.1. The van der Waals surface area contributed by atoms with E-state index in [0.29, 0.717) is 19.0 Å². The molecule has 2 aromatic carbocycles. The van der Waals surface area contributed by atoms with Crippen LogP contribution in [0, 0.1) is 0 Å². The molecule has 136 valence electrons. The topological polar surface area (TPSA) is 82.8 Å². The number of benzene rings is 2. The van der Waals surface area contributed by atoms with E-state index in [4.69, 9.17) is 5.73 Å². The van der Waals surface area contributed by atoms with Gasteiger partial charge in [-0.1, -0.05) is 30.3 Å². The third-order valence-electron chi connectivity index (χ3n) is 4.26. The number of fused-ring (bicyclic) bond motifs is 1. The van der Waals surface area contributed by atoms with Gasteiger partial charge >= 0.3 is 6.03 Å². The maximum atomic E-state index is 12.1. The highest BCUT2D eigenvalue weighted by molar-refractivity contribution is 7.14. The van der Waals surface area contributed by atoms with E-state index in [1.54, 1.807) is 11.3 Å². The van der Waals surface area contributed by atoms with Crippen LogP contribution in [0.3, 0.4) is 0 Å². The van der Waals surface area contributed by atoms with Crippen LogP contribution in [0.1, 0.15) is 11.1 Å². The largest absolute Gasteiger partial charge is 0.383 e. The van der Waals surface area contributed by atoms with Gasteiger partial charge in [-0.05, 0) is 41.3 Å². The van der Waals surface area contributed by atoms with Gasteiger partial charge in [-0.3, -0.25) is 0 Å². The van der Waals surface area contributed by atoms with Gasteiger partial charge in [0.15, 0.2) is 0 Å². The summed E-state index contributed by atoms with van der Waals surface area (Å²) in [6.45, 7) is 0.924. The van der Waals surface area contributed by atoms with Crippen LogP contribution < -0.4 is 21.3 Å². The number of nitrogens with zero attached hydrogens (tertiary/aromatic N) is 2. The Bertz CT molecular complexity index is 983. The number of carbonyl (C=O) groups excluding carboxylic acids is 1. The number of nitrogens with one attached hydrogen (secondary N) is 2. The molecule has 1 aromatic heterocycles. The molecule has 0 spiro atoms.